The van der Waals surface area contributed by atoms with Gasteiger partial charge in [-0.15, -0.1) is 10.2 Å². The summed E-state index contributed by atoms with van der Waals surface area (Å²) < 4.78 is 33.6. The average Bonchev–Trinajstić information content (AvgIpc) is 2.61. The molecule has 0 aromatic heterocycles. The van der Waals surface area contributed by atoms with Gasteiger partial charge in [-0.1, -0.05) is 30.3 Å². The standard InChI is InChI=1S/C17H12IN3O5S/c18-12-7-3-6-11(17(22)23)16(12)21-20-13-8-14(27(24,25)26)9-4-1-2-5-10(9)15(13)19/h1-8H,19H2,(H,22,23)(H,24,25,26). The van der Waals surface area contributed by atoms with Crippen molar-refractivity contribution >= 4 is 66.5 Å². The summed E-state index contributed by atoms with van der Waals surface area (Å²) in [5.41, 5.74) is 6.30. The molecule has 0 spiro atoms. The summed E-state index contributed by atoms with van der Waals surface area (Å²) in [5.74, 6) is -1.17. The lowest BCUT2D eigenvalue weighted by atomic mass is 10.1. The van der Waals surface area contributed by atoms with E-state index in [1.165, 1.54) is 12.1 Å². The molecule has 10 heteroatoms. The monoisotopic (exact) mass is 497 g/mol. The number of carboxylic acids is 1. The average molecular weight is 497 g/mol. The quantitative estimate of drug-likeness (QED) is 0.211. The van der Waals surface area contributed by atoms with E-state index < -0.39 is 16.1 Å². The first-order valence-electron chi connectivity index (χ1n) is 7.42. The number of hydrogen-bond acceptors (Lipinski definition) is 6. The fraction of sp³-hybridized carbons (Fsp3) is 0. The first kappa shape index (κ1) is 19.2. The van der Waals surface area contributed by atoms with E-state index in [0.29, 0.717) is 8.96 Å². The number of rotatable bonds is 4. The highest BCUT2D eigenvalue weighted by Gasteiger charge is 2.19. The second-order valence-corrected chi connectivity index (χ2v) is 8.02. The molecular weight excluding hydrogens is 485 g/mol. The van der Waals surface area contributed by atoms with E-state index in [9.17, 15) is 22.9 Å². The van der Waals surface area contributed by atoms with Gasteiger partial charge in [-0.05, 0) is 40.8 Å². The summed E-state index contributed by atoms with van der Waals surface area (Å²) in [6.07, 6.45) is 0. The van der Waals surface area contributed by atoms with E-state index in [0.717, 1.165) is 6.07 Å². The van der Waals surface area contributed by atoms with Gasteiger partial charge < -0.3 is 10.8 Å². The van der Waals surface area contributed by atoms with Crippen molar-refractivity contribution in [3.8, 4) is 0 Å². The Morgan fingerprint density at radius 2 is 1.70 bits per heavy atom. The number of halogens is 1. The molecule has 0 bridgehead atoms. The zero-order chi connectivity index (χ0) is 19.8. The van der Waals surface area contributed by atoms with E-state index in [1.54, 1.807) is 30.3 Å². The number of nitrogen functional groups attached to an aromatic ring is 1. The maximum absolute atomic E-state index is 11.7. The van der Waals surface area contributed by atoms with Crippen molar-refractivity contribution in [3.63, 3.8) is 0 Å². The van der Waals surface area contributed by atoms with Gasteiger partial charge in [0.15, 0.2) is 0 Å². The molecule has 0 heterocycles. The Hall–Kier alpha value is -2.57. The number of nitrogens with two attached hydrogens (primary N) is 1. The second kappa shape index (κ2) is 7.21. The van der Waals surface area contributed by atoms with Gasteiger partial charge in [0.2, 0.25) is 0 Å². The molecule has 0 atom stereocenters. The van der Waals surface area contributed by atoms with Gasteiger partial charge in [0.25, 0.3) is 10.1 Å². The molecule has 0 saturated carbocycles. The Bertz CT molecular complexity index is 1210. The molecule has 0 aliphatic heterocycles. The molecule has 0 amide bonds. The zero-order valence-electron chi connectivity index (χ0n) is 13.5. The molecule has 138 valence electrons. The van der Waals surface area contributed by atoms with Crippen molar-refractivity contribution in [1.82, 2.24) is 0 Å². The maximum Gasteiger partial charge on any atom is 0.338 e. The third-order valence-corrected chi connectivity index (χ3v) is 5.54. The molecule has 0 fully saturated rings. The molecule has 8 nitrogen and oxygen atoms in total. The van der Waals surface area contributed by atoms with Crippen LogP contribution in [-0.4, -0.2) is 24.0 Å². The Morgan fingerprint density at radius 1 is 1.04 bits per heavy atom. The van der Waals surface area contributed by atoms with E-state index in [1.807, 2.05) is 22.6 Å². The fourth-order valence-electron chi connectivity index (χ4n) is 2.54. The molecule has 0 saturated heterocycles. The van der Waals surface area contributed by atoms with E-state index in [-0.39, 0.29) is 32.9 Å². The summed E-state index contributed by atoms with van der Waals surface area (Å²) in [6, 6.07) is 12.1. The van der Waals surface area contributed by atoms with Crippen molar-refractivity contribution in [2.45, 2.75) is 4.90 Å². The van der Waals surface area contributed by atoms with Crippen molar-refractivity contribution in [1.29, 1.82) is 0 Å². The van der Waals surface area contributed by atoms with Crippen LogP contribution in [0.15, 0.2) is 63.7 Å². The lowest BCUT2D eigenvalue weighted by Gasteiger charge is -2.09. The van der Waals surface area contributed by atoms with Crippen LogP contribution in [0.25, 0.3) is 10.8 Å². The largest absolute Gasteiger partial charge is 0.478 e. The lowest BCUT2D eigenvalue weighted by Crippen LogP contribution is -2.01. The molecule has 3 aromatic rings. The molecule has 4 N–H and O–H groups in total. The Kier molecular flexibility index (Phi) is 5.13. The van der Waals surface area contributed by atoms with Crippen molar-refractivity contribution in [3.05, 3.63) is 57.7 Å². The van der Waals surface area contributed by atoms with Crippen LogP contribution >= 0.6 is 22.6 Å². The molecule has 27 heavy (non-hydrogen) atoms. The van der Waals surface area contributed by atoms with Crippen LogP contribution in [0.5, 0.6) is 0 Å². The van der Waals surface area contributed by atoms with Crippen molar-refractivity contribution < 1.29 is 22.9 Å². The summed E-state index contributed by atoms with van der Waals surface area (Å²) in [4.78, 5) is 11.0. The second-order valence-electron chi connectivity index (χ2n) is 5.47. The number of benzene rings is 3. The normalized spacial score (nSPS) is 11.9. The first-order chi connectivity index (χ1) is 12.7. The van der Waals surface area contributed by atoms with E-state index >= 15 is 0 Å². The minimum Gasteiger partial charge on any atom is -0.478 e. The van der Waals surface area contributed by atoms with Gasteiger partial charge in [0.1, 0.15) is 16.3 Å². The Labute approximate surface area is 167 Å². The highest BCUT2D eigenvalue weighted by Crippen LogP contribution is 2.37. The van der Waals surface area contributed by atoms with Gasteiger partial charge in [-0.3, -0.25) is 4.55 Å². The Balaban J connectivity index is 2.24. The molecule has 0 radical (unpaired) electrons. The summed E-state index contributed by atoms with van der Waals surface area (Å²) in [6.45, 7) is 0. The predicted molar refractivity (Wildman–Crippen MR) is 108 cm³/mol. The highest BCUT2D eigenvalue weighted by molar-refractivity contribution is 14.1. The number of anilines is 1. The summed E-state index contributed by atoms with van der Waals surface area (Å²) in [7, 11) is -4.53. The SMILES string of the molecule is Nc1c(N=Nc2c(I)cccc2C(=O)O)cc(S(=O)(=O)O)c2ccccc12. The molecule has 3 aromatic carbocycles. The minimum absolute atomic E-state index is 0.00248. The van der Waals surface area contributed by atoms with Crippen LogP contribution in [0.4, 0.5) is 17.1 Å². The molecule has 0 unspecified atom stereocenters. The van der Waals surface area contributed by atoms with Crippen LogP contribution in [-0.2, 0) is 10.1 Å². The van der Waals surface area contributed by atoms with Crippen molar-refractivity contribution in [2.24, 2.45) is 10.2 Å². The molecular formula is C17H12IN3O5S. The maximum atomic E-state index is 11.7. The Morgan fingerprint density at radius 3 is 2.33 bits per heavy atom. The van der Waals surface area contributed by atoms with Crippen LogP contribution in [0.1, 0.15) is 10.4 Å². The zero-order valence-corrected chi connectivity index (χ0v) is 16.5. The predicted octanol–water partition coefficient (Wildman–Crippen LogP) is 4.39. The van der Waals surface area contributed by atoms with Crippen LogP contribution in [0.2, 0.25) is 0 Å². The highest BCUT2D eigenvalue weighted by atomic mass is 127. The van der Waals surface area contributed by atoms with E-state index in [4.69, 9.17) is 5.73 Å². The van der Waals surface area contributed by atoms with Crippen molar-refractivity contribution in [2.75, 3.05) is 5.73 Å². The summed E-state index contributed by atoms with van der Waals surface area (Å²) >= 11 is 1.92. The third kappa shape index (κ3) is 3.77. The smallest absolute Gasteiger partial charge is 0.338 e. The van der Waals surface area contributed by atoms with Crippen LogP contribution in [0.3, 0.4) is 0 Å². The number of fused-ring (bicyclic) bond motifs is 1. The number of azo groups is 1. The van der Waals surface area contributed by atoms with Gasteiger partial charge in [-0.25, -0.2) is 4.79 Å². The molecule has 0 aliphatic carbocycles. The van der Waals surface area contributed by atoms with Crippen LogP contribution < -0.4 is 5.73 Å². The van der Waals surface area contributed by atoms with Crippen LogP contribution in [0, 0.1) is 3.57 Å². The van der Waals surface area contributed by atoms with Gasteiger partial charge in [0.05, 0.1) is 11.3 Å². The topological polar surface area (TPSA) is 142 Å². The number of carboxylic acid groups (broad SMARTS) is 1. The number of nitrogens with zero attached hydrogens (tertiary/aromatic N) is 2. The third-order valence-electron chi connectivity index (χ3n) is 3.78. The van der Waals surface area contributed by atoms with Gasteiger partial charge in [-0.2, -0.15) is 8.42 Å². The number of hydrogen-bond donors (Lipinski definition) is 3. The molecule has 3 rings (SSSR count). The fourth-order valence-corrected chi connectivity index (χ4v) is 3.86. The lowest BCUT2D eigenvalue weighted by molar-refractivity contribution is 0.0697. The van der Waals surface area contributed by atoms with Gasteiger partial charge >= 0.3 is 5.97 Å². The number of aromatic carboxylic acids is 1. The van der Waals surface area contributed by atoms with E-state index in [2.05, 4.69) is 10.2 Å². The molecule has 0 aliphatic rings. The summed E-state index contributed by atoms with van der Waals surface area (Å²) in [5, 5.41) is 17.8. The first-order valence-corrected chi connectivity index (χ1v) is 9.94. The minimum atomic E-state index is -4.53. The number of carbonyl (C=O) groups is 1. The van der Waals surface area contributed by atoms with Gasteiger partial charge in [0, 0.05) is 14.3 Å².